The third-order valence-electron chi connectivity index (χ3n) is 2.64. The van der Waals surface area contributed by atoms with E-state index in [0.717, 1.165) is 22.9 Å². The highest BCUT2D eigenvalue weighted by Crippen LogP contribution is 2.35. The molecule has 0 fully saturated rings. The van der Waals surface area contributed by atoms with Crippen molar-refractivity contribution in [2.45, 2.75) is 18.9 Å². The molecule has 0 saturated carbocycles. The normalized spacial score (nSPS) is 20.3. The van der Waals surface area contributed by atoms with Gasteiger partial charge in [0, 0.05) is 16.1 Å². The predicted molar refractivity (Wildman–Crippen MR) is 60.6 cm³/mol. The molecular formula is C11H13BrFNO. The fourth-order valence-corrected chi connectivity index (χ4v) is 2.36. The van der Waals surface area contributed by atoms with Crippen LogP contribution < -0.4 is 10.1 Å². The molecule has 1 heterocycles. The summed E-state index contributed by atoms with van der Waals surface area (Å²) in [4.78, 5) is 0. The van der Waals surface area contributed by atoms with Crippen LogP contribution in [0.5, 0.6) is 5.75 Å². The maximum Gasteiger partial charge on any atom is 0.166 e. The summed E-state index contributed by atoms with van der Waals surface area (Å²) in [7, 11) is 1.89. The number of ether oxygens (including phenoxy) is 1. The Kier molecular flexibility index (Phi) is 3.26. The molecule has 0 spiro atoms. The van der Waals surface area contributed by atoms with Crippen molar-refractivity contribution in [2.24, 2.45) is 0 Å². The van der Waals surface area contributed by atoms with Gasteiger partial charge in [-0.25, -0.2) is 4.39 Å². The first-order valence-corrected chi connectivity index (χ1v) is 5.80. The van der Waals surface area contributed by atoms with Crippen LogP contribution in [0.4, 0.5) is 4.39 Å². The van der Waals surface area contributed by atoms with Gasteiger partial charge in [-0.3, -0.25) is 0 Å². The van der Waals surface area contributed by atoms with Crippen LogP contribution >= 0.6 is 15.9 Å². The fraction of sp³-hybridized carbons (Fsp3) is 0.455. The lowest BCUT2D eigenvalue weighted by Crippen LogP contribution is -2.15. The van der Waals surface area contributed by atoms with E-state index in [2.05, 4.69) is 21.2 Å². The summed E-state index contributed by atoms with van der Waals surface area (Å²) < 4.78 is 19.8. The molecular weight excluding hydrogens is 261 g/mol. The smallest absolute Gasteiger partial charge is 0.166 e. The van der Waals surface area contributed by atoms with Gasteiger partial charge in [0.2, 0.25) is 0 Å². The summed E-state index contributed by atoms with van der Waals surface area (Å²) in [5.41, 5.74) is 0.905. The van der Waals surface area contributed by atoms with Crippen molar-refractivity contribution < 1.29 is 9.13 Å². The number of nitrogens with one attached hydrogen (secondary N) is 1. The molecule has 15 heavy (non-hydrogen) atoms. The van der Waals surface area contributed by atoms with Gasteiger partial charge < -0.3 is 10.1 Å². The average Bonchev–Trinajstić information content (AvgIpc) is 2.39. The zero-order chi connectivity index (χ0) is 10.8. The van der Waals surface area contributed by atoms with Crippen LogP contribution in [-0.4, -0.2) is 13.7 Å². The van der Waals surface area contributed by atoms with Gasteiger partial charge in [0.25, 0.3) is 0 Å². The van der Waals surface area contributed by atoms with Crippen molar-refractivity contribution in [3.8, 4) is 5.75 Å². The van der Waals surface area contributed by atoms with E-state index in [9.17, 15) is 4.39 Å². The van der Waals surface area contributed by atoms with E-state index in [1.54, 1.807) is 0 Å². The van der Waals surface area contributed by atoms with E-state index in [0.29, 0.717) is 12.4 Å². The van der Waals surface area contributed by atoms with Gasteiger partial charge in [0.05, 0.1) is 6.61 Å². The van der Waals surface area contributed by atoms with Gasteiger partial charge in [-0.05, 0) is 32.0 Å². The van der Waals surface area contributed by atoms with Crippen molar-refractivity contribution in [3.63, 3.8) is 0 Å². The Hall–Kier alpha value is -0.610. The Bertz CT molecular complexity index is 370. The second-order valence-corrected chi connectivity index (χ2v) is 4.55. The number of hydrogen-bond acceptors (Lipinski definition) is 2. The first kappa shape index (κ1) is 10.9. The monoisotopic (exact) mass is 273 g/mol. The highest BCUT2D eigenvalue weighted by atomic mass is 79.9. The lowest BCUT2D eigenvalue weighted by molar-refractivity contribution is 0.300. The van der Waals surface area contributed by atoms with Crippen molar-refractivity contribution in [3.05, 3.63) is 28.0 Å². The van der Waals surface area contributed by atoms with E-state index < -0.39 is 0 Å². The van der Waals surface area contributed by atoms with E-state index in [1.807, 2.05) is 13.1 Å². The van der Waals surface area contributed by atoms with Gasteiger partial charge in [0.15, 0.2) is 11.6 Å². The number of hydrogen-bond donors (Lipinski definition) is 1. The zero-order valence-electron chi connectivity index (χ0n) is 8.52. The van der Waals surface area contributed by atoms with Gasteiger partial charge in [0.1, 0.15) is 0 Å². The molecule has 0 radical (unpaired) electrons. The summed E-state index contributed by atoms with van der Waals surface area (Å²) in [6, 6.07) is 3.54. The maximum atomic E-state index is 13.6. The summed E-state index contributed by atoms with van der Waals surface area (Å²) >= 11 is 3.30. The Balaban J connectivity index is 2.50. The minimum absolute atomic E-state index is 0.175. The van der Waals surface area contributed by atoms with Crippen molar-refractivity contribution in [1.82, 2.24) is 5.32 Å². The Morgan fingerprint density at radius 1 is 1.53 bits per heavy atom. The molecule has 82 valence electrons. The lowest BCUT2D eigenvalue weighted by Gasteiger charge is -2.16. The van der Waals surface area contributed by atoms with Gasteiger partial charge >= 0.3 is 0 Å². The predicted octanol–water partition coefficient (Wildman–Crippen LogP) is 3.02. The summed E-state index contributed by atoms with van der Waals surface area (Å²) in [5.74, 6) is 0.108. The Morgan fingerprint density at radius 3 is 3.07 bits per heavy atom. The molecule has 0 amide bonds. The van der Waals surface area contributed by atoms with E-state index in [-0.39, 0.29) is 11.9 Å². The highest BCUT2D eigenvalue weighted by Gasteiger charge is 2.21. The van der Waals surface area contributed by atoms with Crippen molar-refractivity contribution in [2.75, 3.05) is 13.7 Å². The Morgan fingerprint density at radius 2 is 2.33 bits per heavy atom. The average molecular weight is 274 g/mol. The van der Waals surface area contributed by atoms with Crippen molar-refractivity contribution in [1.29, 1.82) is 0 Å². The minimum Gasteiger partial charge on any atom is -0.490 e. The standard InChI is InChI=1S/C11H13BrFNO/c1-14-10-3-2-4-15-11-8(10)5-7(12)6-9(11)13/h5-6,10,14H,2-4H2,1H3. The van der Waals surface area contributed by atoms with Crippen LogP contribution in [0, 0.1) is 5.82 Å². The molecule has 1 atom stereocenters. The first-order valence-electron chi connectivity index (χ1n) is 5.01. The molecule has 0 aromatic heterocycles. The SMILES string of the molecule is CNC1CCCOc2c(F)cc(Br)cc21. The number of benzene rings is 1. The molecule has 1 aromatic carbocycles. The second-order valence-electron chi connectivity index (χ2n) is 3.64. The van der Waals surface area contributed by atoms with E-state index in [4.69, 9.17) is 4.74 Å². The summed E-state index contributed by atoms with van der Waals surface area (Å²) in [6.45, 7) is 0.587. The summed E-state index contributed by atoms with van der Waals surface area (Å²) in [5, 5.41) is 3.19. The van der Waals surface area contributed by atoms with Gasteiger partial charge in [-0.15, -0.1) is 0 Å². The zero-order valence-corrected chi connectivity index (χ0v) is 10.1. The molecule has 2 rings (SSSR count). The molecule has 1 N–H and O–H groups in total. The van der Waals surface area contributed by atoms with Crippen molar-refractivity contribution >= 4 is 15.9 Å². The van der Waals surface area contributed by atoms with Crippen LogP contribution in [0.2, 0.25) is 0 Å². The largest absolute Gasteiger partial charge is 0.490 e. The third-order valence-corrected chi connectivity index (χ3v) is 3.10. The molecule has 1 aliphatic heterocycles. The molecule has 1 unspecified atom stereocenters. The third kappa shape index (κ3) is 2.16. The number of halogens is 2. The van der Waals surface area contributed by atoms with E-state index in [1.165, 1.54) is 6.07 Å². The molecule has 1 aromatic rings. The number of fused-ring (bicyclic) bond motifs is 1. The molecule has 0 bridgehead atoms. The fourth-order valence-electron chi connectivity index (χ4n) is 1.91. The van der Waals surface area contributed by atoms with Crippen LogP contribution in [0.3, 0.4) is 0 Å². The second kappa shape index (κ2) is 4.49. The van der Waals surface area contributed by atoms with Gasteiger partial charge in [-0.1, -0.05) is 15.9 Å². The summed E-state index contributed by atoms with van der Waals surface area (Å²) in [6.07, 6.45) is 1.91. The van der Waals surface area contributed by atoms with Crippen LogP contribution in [0.1, 0.15) is 24.4 Å². The molecule has 0 aliphatic carbocycles. The van der Waals surface area contributed by atoms with Crippen LogP contribution in [0.25, 0.3) is 0 Å². The molecule has 1 aliphatic rings. The topological polar surface area (TPSA) is 21.3 Å². The molecule has 4 heteroatoms. The quantitative estimate of drug-likeness (QED) is 0.850. The van der Waals surface area contributed by atoms with Crippen LogP contribution in [0.15, 0.2) is 16.6 Å². The molecule has 2 nitrogen and oxygen atoms in total. The van der Waals surface area contributed by atoms with Gasteiger partial charge in [-0.2, -0.15) is 0 Å². The Labute approximate surface area is 96.9 Å². The minimum atomic E-state index is -0.290. The lowest BCUT2D eigenvalue weighted by atomic mass is 10.0. The van der Waals surface area contributed by atoms with Crippen LogP contribution in [-0.2, 0) is 0 Å². The maximum absolute atomic E-state index is 13.6. The first-order chi connectivity index (χ1) is 7.22. The molecule has 0 saturated heterocycles. The van der Waals surface area contributed by atoms with E-state index >= 15 is 0 Å². The highest BCUT2D eigenvalue weighted by molar-refractivity contribution is 9.10. The number of rotatable bonds is 1.